The lowest BCUT2D eigenvalue weighted by Gasteiger charge is -2.29. The molecule has 2 saturated heterocycles. The van der Waals surface area contributed by atoms with E-state index < -0.39 is 26.7 Å². The number of pyridine rings is 1. The molecule has 0 saturated carbocycles. The van der Waals surface area contributed by atoms with E-state index in [2.05, 4.69) is 4.98 Å². The van der Waals surface area contributed by atoms with Crippen molar-refractivity contribution in [2.24, 2.45) is 0 Å². The zero-order valence-corrected chi connectivity index (χ0v) is 18.9. The molecular formula is C23H24F3N3O3S. The second kappa shape index (κ2) is 8.90. The summed E-state index contributed by atoms with van der Waals surface area (Å²) in [5.41, 5.74) is 1.58. The van der Waals surface area contributed by atoms with Gasteiger partial charge >= 0.3 is 6.18 Å². The quantitative estimate of drug-likeness (QED) is 0.652. The third-order valence-electron chi connectivity index (χ3n) is 5.90. The van der Waals surface area contributed by atoms with Gasteiger partial charge in [0.2, 0.25) is 15.9 Å². The van der Waals surface area contributed by atoms with Gasteiger partial charge in [0.1, 0.15) is 0 Å². The number of piperidine rings is 1. The number of aryl methyl sites for hydroxylation is 1. The number of alkyl halides is 3. The molecule has 0 bridgehead atoms. The summed E-state index contributed by atoms with van der Waals surface area (Å²) in [5.74, 6) is -0.226. The highest BCUT2D eigenvalue weighted by Gasteiger charge is 2.40. The Bertz CT molecular complexity index is 1200. The number of rotatable bonds is 4. The molecule has 0 N–H and O–H groups in total. The Morgan fingerprint density at radius 3 is 2.36 bits per heavy atom. The largest absolute Gasteiger partial charge is 0.417 e. The van der Waals surface area contributed by atoms with Crippen LogP contribution in [0.4, 0.5) is 18.9 Å². The number of benzene rings is 1. The number of hydrogen-bond acceptors (Lipinski definition) is 4. The third kappa shape index (κ3) is 4.96. The molecule has 2 aromatic rings. The molecule has 176 valence electrons. The van der Waals surface area contributed by atoms with Crippen molar-refractivity contribution in [3.8, 4) is 0 Å². The fourth-order valence-electron chi connectivity index (χ4n) is 4.20. The van der Waals surface area contributed by atoms with Gasteiger partial charge in [-0.3, -0.25) is 9.78 Å². The number of amides is 1. The van der Waals surface area contributed by atoms with Gasteiger partial charge in [0.15, 0.2) is 0 Å². The van der Waals surface area contributed by atoms with E-state index in [-0.39, 0.29) is 24.7 Å². The van der Waals surface area contributed by atoms with Crippen LogP contribution >= 0.6 is 0 Å². The Morgan fingerprint density at radius 2 is 1.76 bits per heavy atom. The van der Waals surface area contributed by atoms with Gasteiger partial charge in [0.05, 0.1) is 16.2 Å². The second-order valence-corrected chi connectivity index (χ2v) is 10.1. The molecule has 0 unspecified atom stereocenters. The average Bonchev–Trinajstić information content (AvgIpc) is 3.19. The summed E-state index contributed by atoms with van der Waals surface area (Å²) in [5, 5.41) is 0. The maximum Gasteiger partial charge on any atom is 0.417 e. The number of halogens is 3. The minimum Gasteiger partial charge on any atom is -0.312 e. The topological polar surface area (TPSA) is 70.6 Å². The van der Waals surface area contributed by atoms with Crippen LogP contribution in [0.15, 0.2) is 46.9 Å². The Morgan fingerprint density at radius 1 is 1.03 bits per heavy atom. The molecule has 6 nitrogen and oxygen atoms in total. The summed E-state index contributed by atoms with van der Waals surface area (Å²) in [6.45, 7) is 2.38. The summed E-state index contributed by atoms with van der Waals surface area (Å²) in [6, 6.07) is 8.51. The van der Waals surface area contributed by atoms with Crippen molar-refractivity contribution in [1.29, 1.82) is 0 Å². The van der Waals surface area contributed by atoms with Crippen LogP contribution in [0.25, 0.3) is 6.08 Å². The first-order valence-corrected chi connectivity index (χ1v) is 12.1. The lowest BCUT2D eigenvalue weighted by atomic mass is 10.0. The smallest absolute Gasteiger partial charge is 0.312 e. The van der Waals surface area contributed by atoms with Crippen LogP contribution in [-0.2, 0) is 21.0 Å². The number of sulfonamides is 1. The molecule has 1 aromatic heterocycles. The highest BCUT2D eigenvalue weighted by Crippen LogP contribution is 2.38. The highest BCUT2D eigenvalue weighted by molar-refractivity contribution is 7.89. The summed E-state index contributed by atoms with van der Waals surface area (Å²) in [4.78, 5) is 17.0. The zero-order chi connectivity index (χ0) is 23.8. The molecule has 1 amide bonds. The minimum absolute atomic E-state index is 0.0736. The van der Waals surface area contributed by atoms with E-state index in [0.717, 1.165) is 39.5 Å². The molecule has 1 aromatic carbocycles. The maximum atomic E-state index is 13.7. The van der Waals surface area contributed by atoms with E-state index in [4.69, 9.17) is 0 Å². The van der Waals surface area contributed by atoms with Crippen molar-refractivity contribution >= 4 is 27.7 Å². The van der Waals surface area contributed by atoms with Crippen molar-refractivity contribution in [3.63, 3.8) is 0 Å². The van der Waals surface area contributed by atoms with Gasteiger partial charge in [0, 0.05) is 37.4 Å². The van der Waals surface area contributed by atoms with Crippen LogP contribution in [0.2, 0.25) is 0 Å². The van der Waals surface area contributed by atoms with Crippen molar-refractivity contribution in [2.45, 2.75) is 43.7 Å². The first-order chi connectivity index (χ1) is 15.6. The number of anilines is 1. The summed E-state index contributed by atoms with van der Waals surface area (Å²) in [6.07, 6.45) is -1.26. The molecule has 0 aliphatic carbocycles. The van der Waals surface area contributed by atoms with Crippen molar-refractivity contribution in [1.82, 2.24) is 9.29 Å². The predicted octanol–water partition coefficient (Wildman–Crippen LogP) is 4.40. The van der Waals surface area contributed by atoms with Crippen LogP contribution in [0.5, 0.6) is 0 Å². The van der Waals surface area contributed by atoms with Gasteiger partial charge in [-0.05, 0) is 62.6 Å². The molecule has 2 aliphatic rings. The van der Waals surface area contributed by atoms with Gasteiger partial charge < -0.3 is 4.90 Å². The fourth-order valence-corrected chi connectivity index (χ4v) is 5.87. The SMILES string of the molecule is Cc1cccc(C=C2CCN(S(=O)(=O)c3cc(N4CCCC4=O)ccc3C(F)(F)F)CC2)n1. The second-order valence-electron chi connectivity index (χ2n) is 8.24. The van der Waals surface area contributed by atoms with Gasteiger partial charge in [-0.1, -0.05) is 11.6 Å². The van der Waals surface area contributed by atoms with Crippen molar-refractivity contribution in [2.75, 3.05) is 24.5 Å². The Hall–Kier alpha value is -2.72. The number of hydrogen-bond donors (Lipinski definition) is 0. The van der Waals surface area contributed by atoms with Crippen LogP contribution < -0.4 is 4.90 Å². The molecule has 0 radical (unpaired) electrons. The molecule has 4 rings (SSSR count). The van der Waals surface area contributed by atoms with Gasteiger partial charge in [0.25, 0.3) is 0 Å². The lowest BCUT2D eigenvalue weighted by Crippen LogP contribution is -2.37. The van der Waals surface area contributed by atoms with E-state index in [1.807, 2.05) is 31.2 Å². The average molecular weight is 480 g/mol. The van der Waals surface area contributed by atoms with E-state index >= 15 is 0 Å². The van der Waals surface area contributed by atoms with Gasteiger partial charge in [-0.25, -0.2) is 8.42 Å². The summed E-state index contributed by atoms with van der Waals surface area (Å²) >= 11 is 0. The minimum atomic E-state index is -4.84. The van der Waals surface area contributed by atoms with Crippen LogP contribution in [0.1, 0.15) is 42.6 Å². The van der Waals surface area contributed by atoms with Crippen molar-refractivity contribution < 1.29 is 26.4 Å². The van der Waals surface area contributed by atoms with Crippen LogP contribution in [0, 0.1) is 6.92 Å². The fraction of sp³-hybridized carbons (Fsp3) is 0.391. The van der Waals surface area contributed by atoms with Crippen LogP contribution in [-0.4, -0.2) is 43.2 Å². The van der Waals surface area contributed by atoms with E-state index in [1.165, 1.54) is 4.90 Å². The zero-order valence-electron chi connectivity index (χ0n) is 18.1. The molecule has 2 fully saturated rings. The standard InChI is InChI=1S/C23H24F3N3O3S/c1-16-4-2-5-18(27-16)14-17-9-12-28(13-10-17)33(31,32)21-15-19(29-11-3-6-22(29)30)7-8-20(21)23(24,25)26/h2,4-5,7-8,14-15H,3,6,9-13H2,1H3. The van der Waals surface area contributed by atoms with E-state index in [9.17, 15) is 26.4 Å². The monoisotopic (exact) mass is 479 g/mol. The number of aromatic nitrogens is 1. The normalized spacial score (nSPS) is 18.1. The Balaban J connectivity index is 1.62. The van der Waals surface area contributed by atoms with Gasteiger partial charge in [-0.2, -0.15) is 17.5 Å². The van der Waals surface area contributed by atoms with Crippen LogP contribution in [0.3, 0.4) is 0 Å². The predicted molar refractivity (Wildman–Crippen MR) is 118 cm³/mol. The molecule has 2 aliphatic heterocycles. The van der Waals surface area contributed by atoms with E-state index in [0.29, 0.717) is 32.2 Å². The Labute approximate surface area is 190 Å². The van der Waals surface area contributed by atoms with Crippen molar-refractivity contribution in [3.05, 3.63) is 58.9 Å². The maximum absolute atomic E-state index is 13.7. The first-order valence-electron chi connectivity index (χ1n) is 10.7. The lowest BCUT2D eigenvalue weighted by molar-refractivity contribution is -0.139. The van der Waals surface area contributed by atoms with E-state index in [1.54, 1.807) is 0 Å². The molecule has 33 heavy (non-hydrogen) atoms. The highest BCUT2D eigenvalue weighted by atomic mass is 32.2. The number of carbonyl (C=O) groups excluding carboxylic acids is 1. The molecule has 10 heteroatoms. The first kappa shape index (κ1) is 23.4. The number of nitrogens with zero attached hydrogens (tertiary/aromatic N) is 3. The van der Waals surface area contributed by atoms with Gasteiger partial charge in [-0.15, -0.1) is 0 Å². The number of carbonyl (C=O) groups is 1. The molecule has 3 heterocycles. The molecule has 0 atom stereocenters. The molecular weight excluding hydrogens is 455 g/mol. The summed E-state index contributed by atoms with van der Waals surface area (Å²) in [7, 11) is -4.42. The third-order valence-corrected chi connectivity index (χ3v) is 7.84. The Kier molecular flexibility index (Phi) is 6.32. The molecule has 0 spiro atoms. The summed E-state index contributed by atoms with van der Waals surface area (Å²) < 4.78 is 68.8.